The topological polar surface area (TPSA) is 72.0 Å². The van der Waals surface area contributed by atoms with E-state index in [0.29, 0.717) is 35.3 Å². The third-order valence-electron chi connectivity index (χ3n) is 7.04. The molecule has 5 rings (SSSR count). The maximum Gasteiger partial charge on any atom is 0.257 e. The van der Waals surface area contributed by atoms with Gasteiger partial charge < -0.3 is 10.2 Å². The third-order valence-corrected chi connectivity index (χ3v) is 7.04. The molecule has 3 aliphatic heterocycles. The van der Waals surface area contributed by atoms with Gasteiger partial charge in [0.25, 0.3) is 5.91 Å². The maximum atomic E-state index is 13.8. The zero-order valence-corrected chi connectivity index (χ0v) is 19.2. The molecule has 8 heteroatoms. The number of piperazine rings is 1. The number of pyridine rings is 1. The number of para-hydroxylation sites is 1. The van der Waals surface area contributed by atoms with Gasteiger partial charge in [-0.15, -0.1) is 0 Å². The number of amides is 2. The number of likely N-dealkylation sites (N-methyl/N-ethyl adjacent to an activating group) is 1. The first-order valence-electron chi connectivity index (χ1n) is 11.9. The standard InChI is InChI=1S/C25H32N6O2/c1-28-13-15-29(16-14-28)17-19-7-4-5-12-30(19)18-23(32)31-22-10-3-2-8-20(22)25(33)27-21-9-6-11-26-24(21)31/h2-3,6,8-11,19H,4-5,7,12-18H2,1H3,(H,27,33). The van der Waals surface area contributed by atoms with Crippen molar-refractivity contribution in [2.24, 2.45) is 0 Å². The molecule has 2 aromatic rings. The van der Waals surface area contributed by atoms with Crippen molar-refractivity contribution < 1.29 is 9.59 Å². The number of hydrogen-bond acceptors (Lipinski definition) is 6. The number of carbonyl (C=O) groups is 2. The molecule has 4 heterocycles. The Morgan fingerprint density at radius 3 is 2.73 bits per heavy atom. The van der Waals surface area contributed by atoms with E-state index in [4.69, 9.17) is 0 Å². The molecule has 0 saturated carbocycles. The largest absolute Gasteiger partial charge is 0.319 e. The first kappa shape index (κ1) is 22.0. The van der Waals surface area contributed by atoms with Crippen LogP contribution in [-0.2, 0) is 4.79 Å². The smallest absolute Gasteiger partial charge is 0.257 e. The van der Waals surface area contributed by atoms with Crippen LogP contribution in [0.4, 0.5) is 17.2 Å². The molecule has 0 bridgehead atoms. The van der Waals surface area contributed by atoms with E-state index < -0.39 is 0 Å². The Labute approximate surface area is 195 Å². The van der Waals surface area contributed by atoms with Crippen molar-refractivity contribution >= 4 is 29.0 Å². The lowest BCUT2D eigenvalue weighted by Gasteiger charge is -2.41. The Balaban J connectivity index is 1.39. The SMILES string of the molecule is CN1CCN(CC2CCCCN2CC(=O)N2c3ccccc3C(=O)Nc3cccnc32)CC1. The molecule has 0 radical (unpaired) electrons. The van der Waals surface area contributed by atoms with E-state index in [9.17, 15) is 9.59 Å². The van der Waals surface area contributed by atoms with Crippen LogP contribution < -0.4 is 10.2 Å². The minimum absolute atomic E-state index is 0.0517. The Hall–Kier alpha value is -2.81. The summed E-state index contributed by atoms with van der Waals surface area (Å²) in [7, 11) is 2.17. The van der Waals surface area contributed by atoms with Gasteiger partial charge in [-0.1, -0.05) is 18.6 Å². The van der Waals surface area contributed by atoms with E-state index in [-0.39, 0.29) is 11.8 Å². The average Bonchev–Trinajstić information content (AvgIpc) is 2.95. The van der Waals surface area contributed by atoms with Crippen molar-refractivity contribution in [1.29, 1.82) is 0 Å². The summed E-state index contributed by atoms with van der Waals surface area (Å²) in [5.41, 5.74) is 1.63. The van der Waals surface area contributed by atoms with Crippen LogP contribution in [0, 0.1) is 0 Å². The van der Waals surface area contributed by atoms with Gasteiger partial charge in [0.2, 0.25) is 5.91 Å². The number of carbonyl (C=O) groups excluding carboxylic acids is 2. The molecule has 2 amide bonds. The van der Waals surface area contributed by atoms with Gasteiger partial charge in [0.05, 0.1) is 23.5 Å². The van der Waals surface area contributed by atoms with Crippen molar-refractivity contribution in [3.8, 4) is 0 Å². The number of nitrogens with zero attached hydrogens (tertiary/aromatic N) is 5. The van der Waals surface area contributed by atoms with Crippen LogP contribution in [0.25, 0.3) is 0 Å². The fraction of sp³-hybridized carbons (Fsp3) is 0.480. The summed E-state index contributed by atoms with van der Waals surface area (Å²) in [5, 5.41) is 2.91. The number of hydrogen-bond donors (Lipinski definition) is 1. The van der Waals surface area contributed by atoms with Crippen LogP contribution in [0.3, 0.4) is 0 Å². The van der Waals surface area contributed by atoms with Gasteiger partial charge in [-0.05, 0) is 50.7 Å². The predicted molar refractivity (Wildman–Crippen MR) is 129 cm³/mol. The number of benzene rings is 1. The summed E-state index contributed by atoms with van der Waals surface area (Å²) in [5.74, 6) is 0.207. The van der Waals surface area contributed by atoms with Gasteiger partial charge in [0, 0.05) is 45.0 Å². The number of fused-ring (bicyclic) bond motifs is 2. The predicted octanol–water partition coefficient (Wildman–Crippen LogP) is 2.41. The molecule has 0 spiro atoms. The molecule has 3 aliphatic rings. The van der Waals surface area contributed by atoms with Crippen molar-refractivity contribution in [2.45, 2.75) is 25.3 Å². The summed E-state index contributed by atoms with van der Waals surface area (Å²) in [6, 6.07) is 11.2. The second kappa shape index (κ2) is 9.59. The third kappa shape index (κ3) is 4.64. The lowest BCUT2D eigenvalue weighted by atomic mass is 10.0. The average molecular weight is 449 g/mol. The number of anilines is 3. The van der Waals surface area contributed by atoms with Gasteiger partial charge in [-0.2, -0.15) is 0 Å². The molecular weight excluding hydrogens is 416 g/mol. The van der Waals surface area contributed by atoms with Crippen molar-refractivity contribution in [1.82, 2.24) is 19.7 Å². The van der Waals surface area contributed by atoms with E-state index >= 15 is 0 Å². The van der Waals surface area contributed by atoms with Crippen LogP contribution in [0.1, 0.15) is 29.6 Å². The highest BCUT2D eigenvalue weighted by Gasteiger charge is 2.33. The van der Waals surface area contributed by atoms with Crippen LogP contribution in [0.5, 0.6) is 0 Å². The highest BCUT2D eigenvalue weighted by atomic mass is 16.2. The molecule has 0 aliphatic carbocycles. The molecule has 33 heavy (non-hydrogen) atoms. The summed E-state index contributed by atoms with van der Waals surface area (Å²) < 4.78 is 0. The van der Waals surface area contributed by atoms with Gasteiger partial charge in [0.1, 0.15) is 0 Å². The van der Waals surface area contributed by atoms with E-state index in [2.05, 4.69) is 32.0 Å². The molecular formula is C25H32N6O2. The van der Waals surface area contributed by atoms with Crippen molar-refractivity contribution in [3.05, 3.63) is 48.2 Å². The van der Waals surface area contributed by atoms with E-state index in [1.54, 1.807) is 29.3 Å². The van der Waals surface area contributed by atoms with E-state index in [1.165, 1.54) is 6.42 Å². The molecule has 1 aromatic carbocycles. The van der Waals surface area contributed by atoms with Crippen LogP contribution in [0.2, 0.25) is 0 Å². The van der Waals surface area contributed by atoms with Crippen LogP contribution in [0.15, 0.2) is 42.6 Å². The first-order valence-corrected chi connectivity index (χ1v) is 11.9. The number of likely N-dealkylation sites (tertiary alicyclic amines) is 1. The summed E-state index contributed by atoms with van der Waals surface area (Å²) in [6.07, 6.45) is 5.10. The van der Waals surface area contributed by atoms with Crippen molar-refractivity contribution in [2.75, 3.05) is 63.1 Å². The minimum Gasteiger partial charge on any atom is -0.319 e. The van der Waals surface area contributed by atoms with Gasteiger partial charge in [0.15, 0.2) is 5.82 Å². The molecule has 1 unspecified atom stereocenters. The Kier molecular flexibility index (Phi) is 6.39. The molecule has 2 saturated heterocycles. The van der Waals surface area contributed by atoms with E-state index in [0.717, 1.165) is 52.1 Å². The lowest BCUT2D eigenvalue weighted by Crippen LogP contribution is -2.53. The Bertz CT molecular complexity index is 1020. The van der Waals surface area contributed by atoms with Gasteiger partial charge >= 0.3 is 0 Å². The maximum absolute atomic E-state index is 13.8. The zero-order valence-electron chi connectivity index (χ0n) is 19.2. The number of aromatic nitrogens is 1. The Morgan fingerprint density at radius 1 is 1.06 bits per heavy atom. The van der Waals surface area contributed by atoms with Crippen molar-refractivity contribution in [3.63, 3.8) is 0 Å². The van der Waals surface area contributed by atoms with Gasteiger partial charge in [-0.3, -0.25) is 24.3 Å². The van der Waals surface area contributed by atoms with Crippen LogP contribution >= 0.6 is 0 Å². The molecule has 1 aromatic heterocycles. The summed E-state index contributed by atoms with van der Waals surface area (Å²) >= 11 is 0. The van der Waals surface area contributed by atoms with E-state index in [1.807, 2.05) is 18.2 Å². The second-order valence-electron chi connectivity index (χ2n) is 9.30. The number of piperidine rings is 1. The summed E-state index contributed by atoms with van der Waals surface area (Å²) in [4.78, 5) is 40.0. The molecule has 1 N–H and O–H groups in total. The highest BCUT2D eigenvalue weighted by molar-refractivity contribution is 6.17. The molecule has 2 fully saturated rings. The molecule has 1 atom stereocenters. The molecule has 174 valence electrons. The lowest BCUT2D eigenvalue weighted by molar-refractivity contribution is -0.120. The van der Waals surface area contributed by atoms with Gasteiger partial charge in [-0.25, -0.2) is 4.98 Å². The fourth-order valence-corrected chi connectivity index (χ4v) is 5.14. The number of nitrogens with one attached hydrogen (secondary N) is 1. The highest BCUT2D eigenvalue weighted by Crippen LogP contribution is 2.36. The van der Waals surface area contributed by atoms with Crippen LogP contribution in [-0.4, -0.2) is 90.4 Å². The Morgan fingerprint density at radius 2 is 1.88 bits per heavy atom. The second-order valence-corrected chi connectivity index (χ2v) is 9.30. The first-order chi connectivity index (χ1) is 16.1. The number of rotatable bonds is 4. The fourth-order valence-electron chi connectivity index (χ4n) is 5.14. The minimum atomic E-state index is -0.221. The monoisotopic (exact) mass is 448 g/mol. The zero-order chi connectivity index (χ0) is 22.8. The summed E-state index contributed by atoms with van der Waals surface area (Å²) in [6.45, 7) is 6.60. The quantitative estimate of drug-likeness (QED) is 0.775. The molecule has 8 nitrogen and oxygen atoms in total. The normalized spacial score (nSPS) is 22.3.